The van der Waals surface area contributed by atoms with Crippen LogP contribution in [0.25, 0.3) is 22.0 Å². The lowest BCUT2D eigenvalue weighted by atomic mass is 9.94. The van der Waals surface area contributed by atoms with Gasteiger partial charge >= 0.3 is 0 Å². The highest BCUT2D eigenvalue weighted by atomic mass is 32.2. The van der Waals surface area contributed by atoms with Crippen LogP contribution in [0.15, 0.2) is 60.2 Å². The third-order valence-corrected chi connectivity index (χ3v) is 10.6. The first-order valence-corrected chi connectivity index (χ1v) is 15.3. The van der Waals surface area contributed by atoms with E-state index in [0.29, 0.717) is 63.9 Å². The molecular weight excluding hydrogens is 552 g/mol. The molecule has 9 nitrogen and oxygen atoms in total. The highest BCUT2D eigenvalue weighted by Crippen LogP contribution is 2.49. The summed E-state index contributed by atoms with van der Waals surface area (Å²) in [5.74, 6) is 1.00. The summed E-state index contributed by atoms with van der Waals surface area (Å²) in [5.41, 5.74) is 3.73. The normalized spacial score (nSPS) is 14.1. The molecule has 1 fully saturated rings. The zero-order chi connectivity index (χ0) is 30.4. The molecule has 1 aliphatic carbocycles. The Hall–Kier alpha value is -4.18. The smallest absolute Gasteiger partial charge is 0.255 e. The number of H-pyrrole nitrogens is 1. The van der Waals surface area contributed by atoms with Gasteiger partial charge in [0.15, 0.2) is 5.78 Å². The Bertz CT molecular complexity index is 1860. The second-order valence-electron chi connectivity index (χ2n) is 11.3. The van der Waals surface area contributed by atoms with Crippen LogP contribution in [0.4, 0.5) is 5.82 Å². The molecule has 0 aliphatic heterocycles. The van der Waals surface area contributed by atoms with Gasteiger partial charge in [0.25, 0.3) is 5.56 Å². The van der Waals surface area contributed by atoms with E-state index in [2.05, 4.69) is 16.5 Å². The Labute approximate surface area is 245 Å². The van der Waals surface area contributed by atoms with Crippen molar-refractivity contribution < 1.29 is 17.9 Å². The molecule has 0 unspecified atom stereocenters. The minimum atomic E-state index is -3.78. The summed E-state index contributed by atoms with van der Waals surface area (Å²) in [6, 6.07) is 9.13. The van der Waals surface area contributed by atoms with Crippen LogP contribution >= 0.6 is 0 Å². The quantitative estimate of drug-likeness (QED) is 0.190. The number of ether oxygens (including phenoxy) is 1. The number of nitrogens with zero attached hydrogens (tertiary/aromatic N) is 3. The number of rotatable bonds is 11. The predicted molar refractivity (Wildman–Crippen MR) is 166 cm³/mol. The summed E-state index contributed by atoms with van der Waals surface area (Å²) in [6.45, 7) is 7.36. The number of anilines is 1. The van der Waals surface area contributed by atoms with Gasteiger partial charge in [0, 0.05) is 55.1 Å². The molecule has 42 heavy (non-hydrogen) atoms. The SMILES string of the molecule is C=CCC1(S(=O)(=O)n2cc(C)c3c(C(=O)CCc4c(OC)cc(C)[nH]c4=O)cc(-c4ccc(N(C)C)nc4)cc32)CC1. The lowest BCUT2D eigenvalue weighted by Crippen LogP contribution is -2.28. The number of Topliss-reactive ketones (excluding diaryl/α,β-unsaturated/α-hetero) is 1. The summed E-state index contributed by atoms with van der Waals surface area (Å²) in [6.07, 6.45) is 6.69. The van der Waals surface area contributed by atoms with Crippen LogP contribution in [0.5, 0.6) is 5.75 Å². The fourth-order valence-electron chi connectivity index (χ4n) is 5.59. The first kappa shape index (κ1) is 29.3. The minimum Gasteiger partial charge on any atom is -0.496 e. The van der Waals surface area contributed by atoms with E-state index >= 15 is 0 Å². The molecule has 0 spiro atoms. The second-order valence-corrected chi connectivity index (χ2v) is 13.5. The number of pyridine rings is 2. The van der Waals surface area contributed by atoms with Gasteiger partial charge in [0.1, 0.15) is 11.6 Å². The van der Waals surface area contributed by atoms with Gasteiger partial charge in [0.05, 0.1) is 22.9 Å². The van der Waals surface area contributed by atoms with Crippen molar-refractivity contribution in [2.24, 2.45) is 0 Å². The second kappa shape index (κ2) is 10.9. The van der Waals surface area contributed by atoms with Crippen molar-refractivity contribution in [3.05, 3.63) is 88.1 Å². The van der Waals surface area contributed by atoms with Gasteiger partial charge in [-0.3, -0.25) is 9.59 Å². The van der Waals surface area contributed by atoms with Crippen molar-refractivity contribution in [1.29, 1.82) is 0 Å². The van der Waals surface area contributed by atoms with Gasteiger partial charge in [0.2, 0.25) is 10.0 Å². The van der Waals surface area contributed by atoms with Crippen molar-refractivity contribution in [2.45, 2.75) is 50.7 Å². The van der Waals surface area contributed by atoms with Crippen LogP contribution in [0, 0.1) is 13.8 Å². The Balaban J connectivity index is 1.65. The topological polar surface area (TPSA) is 114 Å². The third kappa shape index (κ3) is 5.04. The highest BCUT2D eigenvalue weighted by molar-refractivity contribution is 7.91. The van der Waals surface area contributed by atoms with E-state index in [1.54, 1.807) is 37.5 Å². The van der Waals surface area contributed by atoms with Crippen molar-refractivity contribution in [1.82, 2.24) is 13.9 Å². The van der Waals surface area contributed by atoms with E-state index in [0.717, 1.165) is 11.4 Å². The van der Waals surface area contributed by atoms with Crippen molar-refractivity contribution in [2.75, 3.05) is 26.1 Å². The van der Waals surface area contributed by atoms with E-state index < -0.39 is 14.8 Å². The van der Waals surface area contributed by atoms with Gasteiger partial charge in [-0.1, -0.05) is 6.08 Å². The molecule has 220 valence electrons. The number of carbonyl (C=O) groups excluding carboxylic acids is 1. The van der Waals surface area contributed by atoms with E-state index in [4.69, 9.17) is 4.74 Å². The Morgan fingerprint density at radius 1 is 1.19 bits per heavy atom. The number of carbonyl (C=O) groups is 1. The summed E-state index contributed by atoms with van der Waals surface area (Å²) in [5, 5.41) is 0.587. The fourth-order valence-corrected chi connectivity index (χ4v) is 7.65. The largest absolute Gasteiger partial charge is 0.496 e. The number of benzene rings is 1. The molecule has 1 aliphatic rings. The molecule has 0 atom stereocenters. The number of hydrogen-bond donors (Lipinski definition) is 1. The minimum absolute atomic E-state index is 0.0383. The van der Waals surface area contributed by atoms with Crippen LogP contribution in [0.3, 0.4) is 0 Å². The molecule has 0 amide bonds. The number of methoxy groups -OCH3 is 1. The van der Waals surface area contributed by atoms with Gasteiger partial charge in [-0.05, 0) is 81.0 Å². The third-order valence-electron chi connectivity index (χ3n) is 8.08. The molecule has 1 aromatic carbocycles. The molecule has 4 aromatic rings. The molecule has 3 heterocycles. The van der Waals surface area contributed by atoms with Crippen LogP contribution in [0.1, 0.15) is 52.9 Å². The number of aromatic nitrogens is 3. The fraction of sp³-hybridized carbons (Fsp3) is 0.344. The molecule has 0 saturated heterocycles. The average molecular weight is 589 g/mol. The summed E-state index contributed by atoms with van der Waals surface area (Å²) in [4.78, 5) is 35.8. The molecule has 1 N–H and O–H groups in total. The van der Waals surface area contributed by atoms with Crippen LogP contribution in [-0.4, -0.2) is 54.1 Å². The van der Waals surface area contributed by atoms with E-state index in [1.165, 1.54) is 11.1 Å². The summed E-state index contributed by atoms with van der Waals surface area (Å²) in [7, 11) is 1.51. The monoisotopic (exact) mass is 588 g/mol. The Morgan fingerprint density at radius 3 is 2.52 bits per heavy atom. The number of aromatic amines is 1. The molecule has 0 radical (unpaired) electrons. The van der Waals surface area contributed by atoms with Crippen molar-refractivity contribution in [3.8, 4) is 16.9 Å². The van der Waals surface area contributed by atoms with Crippen LogP contribution < -0.4 is 15.2 Å². The molecule has 3 aromatic heterocycles. The lowest BCUT2D eigenvalue weighted by Gasteiger charge is -2.17. The number of fused-ring (bicyclic) bond motifs is 1. The summed E-state index contributed by atoms with van der Waals surface area (Å²) >= 11 is 0. The van der Waals surface area contributed by atoms with Crippen molar-refractivity contribution >= 4 is 32.5 Å². The molecule has 1 saturated carbocycles. The van der Waals surface area contributed by atoms with E-state index in [9.17, 15) is 18.0 Å². The zero-order valence-corrected chi connectivity index (χ0v) is 25.5. The maximum Gasteiger partial charge on any atom is 0.255 e. The molecule has 10 heteroatoms. The van der Waals surface area contributed by atoms with E-state index in [1.807, 2.05) is 44.1 Å². The average Bonchev–Trinajstić information content (AvgIpc) is 3.68. The zero-order valence-electron chi connectivity index (χ0n) is 24.7. The summed E-state index contributed by atoms with van der Waals surface area (Å²) < 4.78 is 33.9. The number of nitrogens with one attached hydrogen (secondary N) is 1. The first-order chi connectivity index (χ1) is 19.9. The number of hydrogen-bond acceptors (Lipinski definition) is 7. The van der Waals surface area contributed by atoms with Gasteiger partial charge in [-0.25, -0.2) is 17.4 Å². The lowest BCUT2D eigenvalue weighted by molar-refractivity contribution is 0.0984. The predicted octanol–water partition coefficient (Wildman–Crippen LogP) is 5.19. The first-order valence-electron chi connectivity index (χ1n) is 13.9. The van der Waals surface area contributed by atoms with Gasteiger partial charge < -0.3 is 14.6 Å². The van der Waals surface area contributed by atoms with Crippen LogP contribution in [0.2, 0.25) is 0 Å². The Kier molecular flexibility index (Phi) is 7.61. The maximum atomic E-state index is 14.0. The van der Waals surface area contributed by atoms with Gasteiger partial charge in [-0.2, -0.15) is 0 Å². The Morgan fingerprint density at radius 2 is 1.93 bits per heavy atom. The molecule has 5 rings (SSSR count). The number of ketones is 1. The van der Waals surface area contributed by atoms with Crippen LogP contribution in [-0.2, 0) is 16.4 Å². The van der Waals surface area contributed by atoms with E-state index in [-0.39, 0.29) is 24.2 Å². The molecular formula is C32H36N4O5S. The maximum absolute atomic E-state index is 14.0. The standard InChI is InChI=1S/C32H36N4O5S/c1-7-12-32(13-14-32)42(39,40)36-19-20(2)30-25(27(37)10-9-24-28(41-6)15-21(3)34-31(24)38)16-23(17-26(30)36)22-8-11-29(33-18-22)35(4)5/h7-8,11,15-19H,1,9-10,12-14H2,2-6H3,(H,34,38). The van der Waals surface area contributed by atoms with Gasteiger partial charge in [-0.15, -0.1) is 6.58 Å². The highest BCUT2D eigenvalue weighted by Gasteiger charge is 2.54. The van der Waals surface area contributed by atoms with Crippen molar-refractivity contribution in [3.63, 3.8) is 0 Å². The molecule has 0 bridgehead atoms. The number of aryl methyl sites for hydroxylation is 2. The number of allylic oxidation sites excluding steroid dienone is 1.